The molecule has 0 spiro atoms. The molecule has 1 aliphatic heterocycles. The van der Waals surface area contributed by atoms with Gasteiger partial charge in [-0.25, -0.2) is 0 Å². The second-order valence-corrected chi connectivity index (χ2v) is 7.11. The number of para-hydroxylation sites is 2. The molecule has 3 rings (SSSR count). The Balaban J connectivity index is 1.34. The summed E-state index contributed by atoms with van der Waals surface area (Å²) in [5, 5.41) is 9.43. The highest BCUT2D eigenvalue weighted by atomic mass is 16.5. The SMILES string of the molecule is COc1ccccc1OCCC(=O)N1CCN(C(=O)CCOc2cccc(O)c2)CC1. The number of hydrogen-bond acceptors (Lipinski definition) is 6. The predicted molar refractivity (Wildman–Crippen MR) is 114 cm³/mol. The van der Waals surface area contributed by atoms with Crippen LogP contribution < -0.4 is 14.2 Å². The summed E-state index contributed by atoms with van der Waals surface area (Å²) in [5.74, 6) is 1.90. The molecule has 2 amide bonds. The number of amides is 2. The van der Waals surface area contributed by atoms with Crippen LogP contribution in [-0.2, 0) is 9.59 Å². The van der Waals surface area contributed by atoms with Gasteiger partial charge in [0, 0.05) is 32.2 Å². The van der Waals surface area contributed by atoms with E-state index in [0.29, 0.717) is 43.4 Å². The molecule has 1 fully saturated rings. The zero-order valence-corrected chi connectivity index (χ0v) is 17.7. The Labute approximate surface area is 181 Å². The van der Waals surface area contributed by atoms with Gasteiger partial charge in [0.1, 0.15) is 11.5 Å². The molecule has 0 bridgehead atoms. The highest BCUT2D eigenvalue weighted by Gasteiger charge is 2.24. The van der Waals surface area contributed by atoms with E-state index in [9.17, 15) is 14.7 Å². The minimum atomic E-state index is -0.00763. The fourth-order valence-electron chi connectivity index (χ4n) is 3.34. The fraction of sp³-hybridized carbons (Fsp3) is 0.391. The zero-order valence-electron chi connectivity index (χ0n) is 17.7. The lowest BCUT2D eigenvalue weighted by Gasteiger charge is -2.35. The minimum Gasteiger partial charge on any atom is -0.508 e. The maximum absolute atomic E-state index is 12.4. The summed E-state index contributed by atoms with van der Waals surface area (Å²) >= 11 is 0. The van der Waals surface area contributed by atoms with Crippen molar-refractivity contribution >= 4 is 11.8 Å². The Bertz CT molecular complexity index is 880. The average molecular weight is 428 g/mol. The third kappa shape index (κ3) is 6.53. The van der Waals surface area contributed by atoms with Crippen LogP contribution in [0.2, 0.25) is 0 Å². The van der Waals surface area contributed by atoms with E-state index in [2.05, 4.69) is 0 Å². The maximum atomic E-state index is 12.4. The van der Waals surface area contributed by atoms with Gasteiger partial charge in [0.15, 0.2) is 11.5 Å². The predicted octanol–water partition coefficient (Wildman–Crippen LogP) is 2.31. The van der Waals surface area contributed by atoms with E-state index in [1.165, 1.54) is 6.07 Å². The topological polar surface area (TPSA) is 88.5 Å². The smallest absolute Gasteiger partial charge is 0.226 e. The van der Waals surface area contributed by atoms with Gasteiger partial charge in [-0.3, -0.25) is 9.59 Å². The molecule has 1 saturated heterocycles. The van der Waals surface area contributed by atoms with Crippen molar-refractivity contribution in [3.8, 4) is 23.0 Å². The third-order valence-corrected chi connectivity index (χ3v) is 5.03. The first-order valence-electron chi connectivity index (χ1n) is 10.3. The van der Waals surface area contributed by atoms with Gasteiger partial charge in [-0.2, -0.15) is 0 Å². The molecule has 1 heterocycles. The molecule has 0 aromatic heterocycles. The molecule has 1 N–H and O–H groups in total. The number of aromatic hydroxyl groups is 1. The molecule has 1 aliphatic rings. The summed E-state index contributed by atoms with van der Waals surface area (Å²) in [5.41, 5.74) is 0. The molecule has 31 heavy (non-hydrogen) atoms. The molecule has 2 aromatic rings. The molecule has 2 aromatic carbocycles. The highest BCUT2D eigenvalue weighted by Crippen LogP contribution is 2.25. The molecule has 0 unspecified atom stereocenters. The molecule has 0 atom stereocenters. The fourth-order valence-corrected chi connectivity index (χ4v) is 3.34. The van der Waals surface area contributed by atoms with Gasteiger partial charge in [-0.15, -0.1) is 0 Å². The van der Waals surface area contributed by atoms with Crippen molar-refractivity contribution in [2.75, 3.05) is 46.5 Å². The van der Waals surface area contributed by atoms with Crippen molar-refractivity contribution in [2.45, 2.75) is 12.8 Å². The lowest BCUT2D eigenvalue weighted by atomic mass is 10.2. The second kappa shape index (κ2) is 11.1. The standard InChI is InChI=1S/C23H28N2O6/c1-29-20-7-2-3-8-21(20)31-16-10-23(28)25-13-11-24(12-14-25)22(27)9-15-30-19-6-4-5-18(26)17-19/h2-8,17,26H,9-16H2,1H3. The second-order valence-electron chi connectivity index (χ2n) is 7.11. The molecular weight excluding hydrogens is 400 g/mol. The Hall–Kier alpha value is -3.42. The molecule has 8 nitrogen and oxygen atoms in total. The first kappa shape index (κ1) is 22.3. The first-order valence-corrected chi connectivity index (χ1v) is 10.3. The highest BCUT2D eigenvalue weighted by molar-refractivity contribution is 5.78. The quantitative estimate of drug-likeness (QED) is 0.659. The molecular formula is C23H28N2O6. The number of hydrogen-bond donors (Lipinski definition) is 1. The van der Waals surface area contributed by atoms with E-state index in [4.69, 9.17) is 14.2 Å². The van der Waals surface area contributed by atoms with Gasteiger partial charge in [0.05, 0.1) is 33.2 Å². The van der Waals surface area contributed by atoms with Gasteiger partial charge < -0.3 is 29.1 Å². The van der Waals surface area contributed by atoms with Crippen LogP contribution in [0.25, 0.3) is 0 Å². The van der Waals surface area contributed by atoms with Crippen LogP contribution in [0.4, 0.5) is 0 Å². The largest absolute Gasteiger partial charge is 0.508 e. The van der Waals surface area contributed by atoms with Crippen molar-refractivity contribution in [2.24, 2.45) is 0 Å². The van der Waals surface area contributed by atoms with Crippen LogP contribution in [0.3, 0.4) is 0 Å². The Morgan fingerprint density at radius 2 is 1.42 bits per heavy atom. The summed E-state index contributed by atoms with van der Waals surface area (Å²) in [6.45, 7) is 2.53. The molecule has 0 saturated carbocycles. The average Bonchev–Trinajstić information content (AvgIpc) is 2.79. The van der Waals surface area contributed by atoms with E-state index in [1.54, 1.807) is 41.2 Å². The van der Waals surface area contributed by atoms with Gasteiger partial charge in [-0.05, 0) is 24.3 Å². The van der Waals surface area contributed by atoms with Crippen LogP contribution in [-0.4, -0.2) is 73.2 Å². The number of ether oxygens (including phenoxy) is 3. The number of phenolic OH excluding ortho intramolecular Hbond substituents is 1. The van der Waals surface area contributed by atoms with Gasteiger partial charge >= 0.3 is 0 Å². The van der Waals surface area contributed by atoms with Gasteiger partial charge in [0.25, 0.3) is 0 Å². The summed E-state index contributed by atoms with van der Waals surface area (Å²) < 4.78 is 16.4. The lowest BCUT2D eigenvalue weighted by Crippen LogP contribution is -2.51. The van der Waals surface area contributed by atoms with Crippen LogP contribution in [0, 0.1) is 0 Å². The molecule has 0 aliphatic carbocycles. The first-order chi connectivity index (χ1) is 15.1. The van der Waals surface area contributed by atoms with Crippen molar-refractivity contribution in [3.05, 3.63) is 48.5 Å². The summed E-state index contributed by atoms with van der Waals surface area (Å²) in [6, 6.07) is 13.8. The van der Waals surface area contributed by atoms with E-state index in [0.717, 1.165) is 0 Å². The number of rotatable bonds is 9. The Morgan fingerprint density at radius 1 is 0.839 bits per heavy atom. The molecule has 0 radical (unpaired) electrons. The monoisotopic (exact) mass is 428 g/mol. The lowest BCUT2D eigenvalue weighted by molar-refractivity contribution is -0.140. The summed E-state index contributed by atoms with van der Waals surface area (Å²) in [7, 11) is 1.58. The Kier molecular flexibility index (Phi) is 7.98. The zero-order chi connectivity index (χ0) is 22.1. The summed E-state index contributed by atoms with van der Waals surface area (Å²) in [4.78, 5) is 28.3. The number of carbonyl (C=O) groups excluding carboxylic acids is 2. The number of methoxy groups -OCH3 is 1. The number of nitrogens with zero attached hydrogens (tertiary/aromatic N) is 2. The molecule has 166 valence electrons. The number of phenols is 1. The van der Waals surface area contributed by atoms with Crippen molar-refractivity contribution in [1.29, 1.82) is 0 Å². The summed E-state index contributed by atoms with van der Waals surface area (Å²) in [6.07, 6.45) is 0.514. The van der Waals surface area contributed by atoms with E-state index in [-0.39, 0.29) is 43.6 Å². The number of benzene rings is 2. The number of carbonyl (C=O) groups is 2. The van der Waals surface area contributed by atoms with Crippen molar-refractivity contribution < 1.29 is 28.9 Å². The van der Waals surface area contributed by atoms with Crippen LogP contribution in [0.15, 0.2) is 48.5 Å². The normalized spacial score (nSPS) is 13.6. The van der Waals surface area contributed by atoms with Gasteiger partial charge in [-0.1, -0.05) is 18.2 Å². The van der Waals surface area contributed by atoms with Gasteiger partial charge in [0.2, 0.25) is 11.8 Å². The Morgan fingerprint density at radius 3 is 2.00 bits per heavy atom. The van der Waals surface area contributed by atoms with Crippen molar-refractivity contribution in [1.82, 2.24) is 9.80 Å². The molecule has 8 heteroatoms. The van der Waals surface area contributed by atoms with E-state index >= 15 is 0 Å². The van der Waals surface area contributed by atoms with Crippen molar-refractivity contribution in [3.63, 3.8) is 0 Å². The maximum Gasteiger partial charge on any atom is 0.226 e. The van der Waals surface area contributed by atoms with Crippen LogP contribution >= 0.6 is 0 Å². The minimum absolute atomic E-state index is 0.00763. The van der Waals surface area contributed by atoms with Crippen LogP contribution in [0.5, 0.6) is 23.0 Å². The van der Waals surface area contributed by atoms with E-state index < -0.39 is 0 Å². The van der Waals surface area contributed by atoms with E-state index in [1.807, 2.05) is 18.2 Å². The number of piperazine rings is 1. The third-order valence-electron chi connectivity index (χ3n) is 5.03. The van der Waals surface area contributed by atoms with Crippen LogP contribution in [0.1, 0.15) is 12.8 Å².